The number of aromatic hydroxyl groups is 1. The lowest BCUT2D eigenvalue weighted by Crippen LogP contribution is -2.62. The summed E-state index contributed by atoms with van der Waals surface area (Å²) in [7, 11) is -1.71. The second kappa shape index (κ2) is 44.9. The van der Waals surface area contributed by atoms with E-state index < -0.39 is 110 Å². The Bertz CT molecular complexity index is 4550. The highest BCUT2D eigenvalue weighted by molar-refractivity contribution is 7.87. The molecule has 17 atom stereocenters. The van der Waals surface area contributed by atoms with Gasteiger partial charge in [-0.2, -0.15) is 34.8 Å². The Labute approximate surface area is 824 Å². The predicted molar refractivity (Wildman–Crippen MR) is 515 cm³/mol. The van der Waals surface area contributed by atoms with Crippen LogP contribution in [-0.2, 0) is 95.3 Å². The van der Waals surface area contributed by atoms with Crippen molar-refractivity contribution in [1.29, 1.82) is 0 Å². The van der Waals surface area contributed by atoms with E-state index in [9.17, 15) is 88.4 Å². The minimum absolute atomic E-state index is 0.0197. The molecule has 0 spiro atoms. The van der Waals surface area contributed by atoms with Gasteiger partial charge in [0.25, 0.3) is 10.1 Å². The molecule has 139 heavy (non-hydrogen) atoms. The zero-order valence-corrected chi connectivity index (χ0v) is 89.4. The number of phenolic OH excluding ortho intramolecular Hbond substituents is 1. The molecule has 2 aromatic rings. The Morgan fingerprint density at radius 1 is 0.460 bits per heavy atom. The maximum atomic E-state index is 13.3. The minimum Gasteiger partial charge on any atom is -0.507 e. The van der Waals surface area contributed by atoms with E-state index in [0.29, 0.717) is 80.3 Å². The van der Waals surface area contributed by atoms with Crippen LogP contribution in [0.1, 0.15) is 380 Å². The Kier molecular flexibility index (Phi) is 38.1. The number of carbonyl (C=O) groups is 8. The van der Waals surface area contributed by atoms with Gasteiger partial charge >= 0.3 is 60.1 Å². The second-order valence-corrected chi connectivity index (χ2v) is 49.5. The third-order valence-electron chi connectivity index (χ3n) is 34.4. The highest BCUT2D eigenvalue weighted by Crippen LogP contribution is 2.63. The van der Waals surface area contributed by atoms with Gasteiger partial charge in [-0.15, -0.1) is 0 Å². The SMILES string of the molecule is CCC(C)(C)C(=O)OC12CC3CC(C1)CC(OC(OC)C(C)C)(C3)C2.CCC(C)(C)C(=O)OC1C2CC3C(=O)OC1C3C2.CCC(C)(C)C(=O)OC1C2CC3C1OS(=O)(=O)C3C2.CCC(C)(C)C(=O)OC1CC(C(C)(O)C(F)(F)F)CC(C(C)(O)C(F)(F)F)C1.CCC(C)(C)C(=O)Oc1cccc2c(O)cccc12.CCC1(OC(=O)C(C)(C)CC)CCCC1.CCC1(OC(=O)C(C)(C)CC)CCCC1. The molecule has 11 aliphatic carbocycles. The van der Waals surface area contributed by atoms with Gasteiger partial charge in [0.15, 0.2) is 17.5 Å². The maximum Gasteiger partial charge on any atom is 0.417 e. The molecule has 17 unspecified atom stereocenters. The first-order valence-electron chi connectivity index (χ1n) is 51.6. The fraction of sp³-hybridized carbons (Fsp3) is 0.833. The topological polar surface area (TPSA) is 333 Å². The van der Waals surface area contributed by atoms with E-state index in [0.717, 1.165) is 121 Å². The third kappa shape index (κ3) is 27.1. The molecule has 13 fully saturated rings. The van der Waals surface area contributed by atoms with Gasteiger partial charge < -0.3 is 62.7 Å². The number of ether oxygens (including phenoxy) is 10. The summed E-state index contributed by atoms with van der Waals surface area (Å²) < 4.78 is 166. The lowest BCUT2D eigenvalue weighted by Gasteiger charge is -2.61. The van der Waals surface area contributed by atoms with E-state index in [1.165, 1.54) is 32.1 Å². The lowest BCUT2D eigenvalue weighted by atomic mass is 9.52. The molecule has 11 saturated carbocycles. The smallest absolute Gasteiger partial charge is 0.417 e. The van der Waals surface area contributed by atoms with Gasteiger partial charge in [-0.3, -0.25) is 42.5 Å². The zero-order valence-electron chi connectivity index (χ0n) is 88.6. The number of hydrogen-bond donors (Lipinski definition) is 3. The van der Waals surface area contributed by atoms with Crippen molar-refractivity contribution in [2.75, 3.05) is 7.11 Å². The number of hydrogen-bond acceptors (Lipinski definition) is 24. The summed E-state index contributed by atoms with van der Waals surface area (Å²) in [6.45, 7) is 49.3. The number of carbonyl (C=O) groups excluding carboxylic acids is 8. The highest BCUT2D eigenvalue weighted by Gasteiger charge is 2.68. The number of fused-ring (bicyclic) bond motifs is 3. The standard InChI is InChI=1S/C21H36O4.C18H28F6O4.C16H18O3.C14H20O4.C13H20O5S.2C13H24O2/c1-7-19(4,5)18(22)25-21-11-15-8-16(12-21)10-20(9-15,13-21)24-17(23-6)14(2)3;1-6-14(2,3)13(25)28-12-8-10(15(4,26)17(19,20)21)7-11(9-12)16(5,27)18(22,23)24;1-4-16(2,3)15(18)19-14-10-6-7-11-12(14)8-5-9-13(11)17;1-4-14(2,3)13(16)18-10-7-5-8-9(6-7)12(15)17-11(8)10;1-4-13(2,3)12(14)17-10-7-5-8-9(6-7)19(15,16)18-11(8)10;2*1-5-12(3,4)11(14)15-13(6-2)9-7-8-10-13/h14-17H,7-13H2,1-6H3;10-12,26-27H,6-9H2,1-5H3;5-10,17H,4H2,1-3H3;7-11H,4-6H2,1-3H3;7-11H,4-6H2,1-3H3;2*5-10H2,1-4H3. The van der Waals surface area contributed by atoms with E-state index >= 15 is 0 Å². The number of benzene rings is 2. The number of aliphatic hydroxyl groups is 2. The van der Waals surface area contributed by atoms with Gasteiger partial charge in [0.05, 0.1) is 54.7 Å². The van der Waals surface area contributed by atoms with Crippen molar-refractivity contribution >= 4 is 68.6 Å². The molecule has 3 N–H and O–H groups in total. The Hall–Kier alpha value is -6.41. The molecule has 24 nitrogen and oxygen atoms in total. The molecule has 31 heteroatoms. The summed E-state index contributed by atoms with van der Waals surface area (Å²) in [5.74, 6) is -1.86. The number of alkyl halides is 6. The molecule has 0 amide bonds. The lowest BCUT2D eigenvalue weighted by molar-refractivity contribution is -0.299. The monoisotopic (exact) mass is 2000 g/mol. The molecule has 2 saturated heterocycles. The second-order valence-electron chi connectivity index (χ2n) is 47.7. The van der Waals surface area contributed by atoms with Crippen molar-refractivity contribution in [3.8, 4) is 11.5 Å². The molecule has 13 aliphatic rings. The fourth-order valence-corrected chi connectivity index (χ4v) is 23.4. The van der Waals surface area contributed by atoms with Crippen LogP contribution in [0.2, 0.25) is 0 Å². The van der Waals surface area contributed by atoms with Gasteiger partial charge in [0.1, 0.15) is 58.8 Å². The number of rotatable bonds is 29. The van der Waals surface area contributed by atoms with Crippen LogP contribution in [-0.4, -0.2) is 167 Å². The summed E-state index contributed by atoms with van der Waals surface area (Å²) in [4.78, 5) is 97.0. The Morgan fingerprint density at radius 2 is 0.842 bits per heavy atom. The maximum absolute atomic E-state index is 13.3. The average molecular weight is 2000 g/mol. The summed E-state index contributed by atoms with van der Waals surface area (Å²) in [6.07, 6.45) is 10.9. The van der Waals surface area contributed by atoms with Crippen LogP contribution in [0, 0.1) is 97.1 Å². The molecular formula is C108H170F6O24S. The van der Waals surface area contributed by atoms with Crippen LogP contribution in [0.4, 0.5) is 26.3 Å². The molecular weight excluding hydrogens is 1830 g/mol. The first-order valence-corrected chi connectivity index (χ1v) is 53.1. The zero-order chi connectivity index (χ0) is 105. The summed E-state index contributed by atoms with van der Waals surface area (Å²) in [5.41, 5.74) is -10.9. The van der Waals surface area contributed by atoms with Crippen LogP contribution >= 0.6 is 0 Å². The Morgan fingerprint density at radius 3 is 1.26 bits per heavy atom. The van der Waals surface area contributed by atoms with Gasteiger partial charge in [-0.25, -0.2) is 0 Å². The molecule has 2 aromatic carbocycles. The Balaban J connectivity index is 0.000000201. The third-order valence-corrected chi connectivity index (χ3v) is 36.2. The summed E-state index contributed by atoms with van der Waals surface area (Å²) >= 11 is 0. The quantitative estimate of drug-likeness (QED) is 0.0170. The highest BCUT2D eigenvalue weighted by atomic mass is 32.2. The molecule has 2 aliphatic heterocycles. The van der Waals surface area contributed by atoms with Crippen molar-refractivity contribution in [2.24, 2.45) is 97.1 Å². The summed E-state index contributed by atoms with van der Waals surface area (Å²) in [6, 6.07) is 10.5. The molecule has 0 aromatic heterocycles. The molecule has 15 rings (SSSR count). The number of phenols is 1. The van der Waals surface area contributed by atoms with Crippen LogP contribution in [0.5, 0.6) is 11.5 Å². The van der Waals surface area contributed by atoms with Crippen molar-refractivity contribution in [3.05, 3.63) is 36.4 Å². The van der Waals surface area contributed by atoms with Crippen molar-refractivity contribution in [3.63, 3.8) is 0 Å². The van der Waals surface area contributed by atoms with Crippen molar-refractivity contribution < 1.29 is 140 Å². The van der Waals surface area contributed by atoms with Gasteiger partial charge in [-0.05, 0) is 321 Å². The van der Waals surface area contributed by atoms with Crippen LogP contribution in [0.15, 0.2) is 36.4 Å². The average Bonchev–Trinajstić information content (AvgIpc) is 1.65. The van der Waals surface area contributed by atoms with E-state index in [2.05, 4.69) is 34.6 Å². The van der Waals surface area contributed by atoms with Gasteiger partial charge in [0.2, 0.25) is 0 Å². The van der Waals surface area contributed by atoms with Gasteiger partial charge in [0, 0.05) is 65.7 Å². The molecule has 0 radical (unpaired) electrons. The van der Waals surface area contributed by atoms with E-state index in [4.69, 9.17) is 51.6 Å². The number of esters is 8. The van der Waals surface area contributed by atoms with E-state index in [1.54, 1.807) is 58.2 Å². The van der Waals surface area contributed by atoms with Gasteiger partial charge in [-0.1, -0.05) is 100 Å². The number of halogens is 6. The van der Waals surface area contributed by atoms with Crippen LogP contribution in [0.3, 0.4) is 0 Å². The molecule has 2 heterocycles. The minimum atomic E-state index is -5.10. The fourth-order valence-electron chi connectivity index (χ4n) is 21.5. The summed E-state index contributed by atoms with van der Waals surface area (Å²) in [5, 5.41) is 30.8. The predicted octanol–water partition coefficient (Wildman–Crippen LogP) is 23.7. The van der Waals surface area contributed by atoms with Crippen LogP contribution in [0.25, 0.3) is 10.8 Å². The normalized spacial score (nSPS) is 29.8. The molecule has 794 valence electrons. The molecule has 8 bridgehead atoms. The largest absolute Gasteiger partial charge is 0.507 e. The van der Waals surface area contributed by atoms with E-state index in [1.807, 2.05) is 124 Å². The van der Waals surface area contributed by atoms with E-state index in [-0.39, 0.29) is 128 Å². The van der Waals surface area contributed by atoms with Crippen LogP contribution < -0.4 is 4.74 Å². The first kappa shape index (κ1) is 118. The van der Waals surface area contributed by atoms with Crippen molar-refractivity contribution in [1.82, 2.24) is 0 Å². The van der Waals surface area contributed by atoms with Crippen molar-refractivity contribution in [2.45, 2.75) is 468 Å². The number of methoxy groups -OCH3 is 1. The first-order chi connectivity index (χ1) is 64.0.